The van der Waals surface area contributed by atoms with Gasteiger partial charge in [-0.2, -0.15) is 0 Å². The number of phenols is 1. The minimum absolute atomic E-state index is 0.203. The summed E-state index contributed by atoms with van der Waals surface area (Å²) < 4.78 is 18.3. The van der Waals surface area contributed by atoms with E-state index in [0.717, 1.165) is 16.3 Å². The lowest BCUT2D eigenvalue weighted by Crippen LogP contribution is -2.57. The van der Waals surface area contributed by atoms with Crippen LogP contribution < -0.4 is 5.19 Å². The zero-order chi connectivity index (χ0) is 19.5. The summed E-state index contributed by atoms with van der Waals surface area (Å²) >= 11 is 0. The first-order chi connectivity index (χ1) is 11.4. The molecule has 0 bridgehead atoms. The van der Waals surface area contributed by atoms with Gasteiger partial charge in [-0.15, -0.1) is 0 Å². The maximum Gasteiger partial charge on any atom is 0.537 e. The van der Waals surface area contributed by atoms with Crippen molar-refractivity contribution >= 4 is 14.0 Å². The highest BCUT2D eigenvalue weighted by atomic mass is 28.4. The Bertz CT molecular complexity index is 518. The van der Waals surface area contributed by atoms with Crippen LogP contribution in [0.25, 0.3) is 0 Å². The van der Waals surface area contributed by atoms with E-state index in [1.807, 2.05) is 32.9 Å². The second-order valence-corrected chi connectivity index (χ2v) is 10.8. The Hall–Kier alpha value is -0.883. The van der Waals surface area contributed by atoms with Gasteiger partial charge < -0.3 is 18.4 Å². The molecule has 1 rings (SSSR count). The van der Waals surface area contributed by atoms with Crippen LogP contribution in [-0.4, -0.2) is 33.7 Å². The molecule has 0 aliphatic rings. The predicted molar refractivity (Wildman–Crippen MR) is 106 cm³/mol. The molecule has 0 amide bonds. The number of aromatic hydroxyl groups is 1. The molecule has 0 aliphatic carbocycles. The molecule has 0 atom stereocenters. The third kappa shape index (κ3) is 5.06. The lowest BCUT2D eigenvalue weighted by atomic mass is 9.79. The summed E-state index contributed by atoms with van der Waals surface area (Å²) in [6, 6.07) is 4.02. The molecule has 0 radical (unpaired) electrons. The summed E-state index contributed by atoms with van der Waals surface area (Å²) in [7, 11) is -3.03. The molecule has 0 heterocycles. The molecule has 144 valence electrons. The van der Waals surface area contributed by atoms with Crippen LogP contribution >= 0.6 is 0 Å². The predicted octanol–water partition coefficient (Wildman–Crippen LogP) is 4.24. The van der Waals surface area contributed by atoms with Gasteiger partial charge in [0.2, 0.25) is 0 Å². The SMILES string of the molecule is CCO[Si](OCC)(OCC)c1cc(C(C)(C)C)c(O)c(C(C)(C)C)c1. The zero-order valence-electron chi connectivity index (χ0n) is 17.4. The molecule has 0 unspecified atom stereocenters. The Morgan fingerprint density at radius 3 is 1.32 bits per heavy atom. The number of hydrogen-bond donors (Lipinski definition) is 1. The fourth-order valence-corrected chi connectivity index (χ4v) is 5.43. The van der Waals surface area contributed by atoms with Crippen LogP contribution in [0.1, 0.15) is 73.4 Å². The first-order valence-corrected chi connectivity index (χ1v) is 11.0. The molecule has 4 nitrogen and oxygen atoms in total. The highest BCUT2D eigenvalue weighted by molar-refractivity contribution is 6.75. The third-order valence-corrected chi connectivity index (χ3v) is 7.08. The molecule has 5 heteroatoms. The zero-order valence-corrected chi connectivity index (χ0v) is 18.4. The van der Waals surface area contributed by atoms with Gasteiger partial charge >= 0.3 is 8.80 Å². The Kier molecular flexibility index (Phi) is 7.27. The number of phenolic OH excluding ortho intramolecular Hbond substituents is 1. The van der Waals surface area contributed by atoms with Crippen LogP contribution in [0, 0.1) is 0 Å². The highest BCUT2D eigenvalue weighted by Crippen LogP contribution is 2.38. The Balaban J connectivity index is 3.76. The molecule has 0 saturated heterocycles. The average molecular weight is 369 g/mol. The van der Waals surface area contributed by atoms with Crippen LogP contribution in [0.3, 0.4) is 0 Å². The summed E-state index contributed by atoms with van der Waals surface area (Å²) in [5.74, 6) is 0.358. The van der Waals surface area contributed by atoms with Crippen molar-refractivity contribution in [3.05, 3.63) is 23.3 Å². The molecule has 1 aromatic carbocycles. The van der Waals surface area contributed by atoms with Gasteiger partial charge in [-0.3, -0.25) is 0 Å². The lowest BCUT2D eigenvalue weighted by molar-refractivity contribution is 0.0858. The van der Waals surface area contributed by atoms with Crippen LogP contribution in [0.2, 0.25) is 0 Å². The highest BCUT2D eigenvalue weighted by Gasteiger charge is 2.45. The van der Waals surface area contributed by atoms with Gasteiger partial charge in [0.15, 0.2) is 0 Å². The Morgan fingerprint density at radius 2 is 1.08 bits per heavy atom. The topological polar surface area (TPSA) is 47.9 Å². The van der Waals surface area contributed by atoms with E-state index in [9.17, 15) is 5.11 Å². The molecule has 0 spiro atoms. The van der Waals surface area contributed by atoms with Crippen molar-refractivity contribution in [1.82, 2.24) is 0 Å². The van der Waals surface area contributed by atoms with Gasteiger partial charge in [0, 0.05) is 25.0 Å². The normalized spacial score (nSPS) is 13.3. The van der Waals surface area contributed by atoms with Crippen LogP contribution in [0.4, 0.5) is 0 Å². The molecule has 1 N–H and O–H groups in total. The van der Waals surface area contributed by atoms with Crippen molar-refractivity contribution in [3.8, 4) is 5.75 Å². The summed E-state index contributed by atoms with van der Waals surface area (Å²) in [4.78, 5) is 0. The van der Waals surface area contributed by atoms with Gasteiger partial charge in [0.1, 0.15) is 5.75 Å². The lowest BCUT2D eigenvalue weighted by Gasteiger charge is -2.33. The quantitative estimate of drug-likeness (QED) is 0.731. The van der Waals surface area contributed by atoms with Gasteiger partial charge in [-0.05, 0) is 54.9 Å². The smallest absolute Gasteiger partial charge is 0.507 e. The maximum atomic E-state index is 10.9. The maximum absolute atomic E-state index is 10.9. The summed E-state index contributed by atoms with van der Waals surface area (Å²) in [5.41, 5.74) is 1.38. The second-order valence-electron chi connectivity index (χ2n) is 8.28. The number of hydrogen-bond acceptors (Lipinski definition) is 4. The van der Waals surface area contributed by atoms with E-state index in [4.69, 9.17) is 13.3 Å². The van der Waals surface area contributed by atoms with Gasteiger partial charge in [0.25, 0.3) is 0 Å². The molecule has 0 aromatic heterocycles. The molecule has 25 heavy (non-hydrogen) atoms. The van der Waals surface area contributed by atoms with Crippen molar-refractivity contribution in [2.45, 2.75) is 73.1 Å². The van der Waals surface area contributed by atoms with Gasteiger partial charge in [-0.1, -0.05) is 41.5 Å². The first kappa shape index (κ1) is 22.2. The monoisotopic (exact) mass is 368 g/mol. The minimum Gasteiger partial charge on any atom is -0.507 e. The minimum atomic E-state index is -3.03. The number of rotatable bonds is 7. The van der Waals surface area contributed by atoms with E-state index in [0.29, 0.717) is 25.6 Å². The molecular weight excluding hydrogens is 332 g/mol. The van der Waals surface area contributed by atoms with Crippen molar-refractivity contribution < 1.29 is 18.4 Å². The van der Waals surface area contributed by atoms with Crippen LogP contribution in [0.15, 0.2) is 12.1 Å². The average Bonchev–Trinajstić information content (AvgIpc) is 2.45. The third-order valence-electron chi connectivity index (χ3n) is 4.08. The van der Waals surface area contributed by atoms with Crippen LogP contribution in [-0.2, 0) is 24.1 Å². The standard InChI is InChI=1S/C20H36O4Si/c1-10-22-25(23-11-2,24-12-3)15-13-16(19(4,5)6)18(21)17(14-15)20(7,8)9/h13-14,21H,10-12H2,1-9H3. The van der Waals surface area contributed by atoms with E-state index in [-0.39, 0.29) is 10.8 Å². The van der Waals surface area contributed by atoms with Crippen molar-refractivity contribution in [2.24, 2.45) is 0 Å². The van der Waals surface area contributed by atoms with Gasteiger partial charge in [0.05, 0.1) is 0 Å². The summed E-state index contributed by atoms with van der Waals surface area (Å²) in [6.07, 6.45) is 0. The van der Waals surface area contributed by atoms with E-state index in [1.165, 1.54) is 0 Å². The Labute approximate surface area is 154 Å². The van der Waals surface area contributed by atoms with Crippen LogP contribution in [0.5, 0.6) is 5.75 Å². The molecule has 0 saturated carbocycles. The van der Waals surface area contributed by atoms with Gasteiger partial charge in [-0.25, -0.2) is 0 Å². The Morgan fingerprint density at radius 1 is 0.760 bits per heavy atom. The summed E-state index contributed by atoms with van der Waals surface area (Å²) in [5, 5.41) is 11.9. The fraction of sp³-hybridized carbons (Fsp3) is 0.700. The summed E-state index contributed by atoms with van der Waals surface area (Å²) in [6.45, 7) is 20.0. The molecule has 1 aromatic rings. The van der Waals surface area contributed by atoms with E-state index in [2.05, 4.69) is 41.5 Å². The largest absolute Gasteiger partial charge is 0.537 e. The molecule has 0 aliphatic heterocycles. The number of benzene rings is 1. The molecule has 0 fully saturated rings. The van der Waals surface area contributed by atoms with Crippen molar-refractivity contribution in [2.75, 3.05) is 19.8 Å². The van der Waals surface area contributed by atoms with Crippen molar-refractivity contribution in [3.63, 3.8) is 0 Å². The fourth-order valence-electron chi connectivity index (χ4n) is 2.90. The van der Waals surface area contributed by atoms with E-state index >= 15 is 0 Å². The van der Waals surface area contributed by atoms with E-state index < -0.39 is 8.80 Å². The second kappa shape index (κ2) is 8.21. The van der Waals surface area contributed by atoms with Crippen molar-refractivity contribution in [1.29, 1.82) is 0 Å². The van der Waals surface area contributed by atoms with E-state index in [1.54, 1.807) is 0 Å². The molecular formula is C20H36O4Si. The first-order valence-electron chi connectivity index (χ1n) is 9.23.